The predicted octanol–water partition coefficient (Wildman–Crippen LogP) is 1.03. The van der Waals surface area contributed by atoms with Crippen molar-refractivity contribution >= 4 is 40.3 Å². The van der Waals surface area contributed by atoms with E-state index in [2.05, 4.69) is 20.9 Å². The lowest BCUT2D eigenvalue weighted by Gasteiger charge is -2.21. The third kappa shape index (κ3) is 5.15. The molecule has 1 aliphatic heterocycles. The van der Waals surface area contributed by atoms with Gasteiger partial charge in [0.15, 0.2) is 10.8 Å². The standard InChI is InChI=1S/C15H20N4O6S/c1-15(2,3)25-14(23)19-13-18-9(12(24-4)26-13)11(22)16-7-5-6-8(20)17-10(7)21/h7H,5-6H2,1-4H3,(H,16,22)(H,17,20,21)(H,18,19,23). The minimum absolute atomic E-state index is 0.0757. The molecule has 0 aromatic carbocycles. The molecule has 3 N–H and O–H groups in total. The molecule has 142 valence electrons. The first-order valence-corrected chi connectivity index (χ1v) is 8.60. The molecule has 26 heavy (non-hydrogen) atoms. The smallest absolute Gasteiger partial charge is 0.413 e. The maximum absolute atomic E-state index is 12.4. The Labute approximate surface area is 153 Å². The molecule has 2 heterocycles. The third-order valence-electron chi connectivity index (χ3n) is 3.15. The first-order chi connectivity index (χ1) is 12.1. The zero-order valence-corrected chi connectivity index (χ0v) is 15.6. The Morgan fingerprint density at radius 2 is 2.00 bits per heavy atom. The van der Waals surface area contributed by atoms with Gasteiger partial charge in [0.25, 0.3) is 5.91 Å². The number of nitrogens with zero attached hydrogens (tertiary/aromatic N) is 1. The van der Waals surface area contributed by atoms with E-state index in [4.69, 9.17) is 9.47 Å². The highest BCUT2D eigenvalue weighted by atomic mass is 32.1. The maximum atomic E-state index is 12.4. The van der Waals surface area contributed by atoms with E-state index >= 15 is 0 Å². The Morgan fingerprint density at radius 3 is 2.58 bits per heavy atom. The van der Waals surface area contributed by atoms with Crippen LogP contribution in [0.15, 0.2) is 0 Å². The SMILES string of the molecule is COc1sc(NC(=O)OC(C)(C)C)nc1C(=O)NC1CCC(=O)NC1=O. The monoisotopic (exact) mass is 384 g/mol. The second-order valence-corrected chi connectivity index (χ2v) is 7.42. The number of carbonyl (C=O) groups excluding carboxylic acids is 4. The number of amides is 4. The van der Waals surface area contributed by atoms with Gasteiger partial charge in [-0.3, -0.25) is 25.0 Å². The van der Waals surface area contributed by atoms with Crippen molar-refractivity contribution in [3.8, 4) is 5.06 Å². The Kier molecular flexibility index (Phi) is 5.80. The molecule has 1 aromatic heterocycles. The van der Waals surface area contributed by atoms with Gasteiger partial charge in [0.2, 0.25) is 16.9 Å². The zero-order valence-electron chi connectivity index (χ0n) is 14.8. The van der Waals surface area contributed by atoms with Gasteiger partial charge < -0.3 is 14.8 Å². The van der Waals surface area contributed by atoms with Gasteiger partial charge in [-0.15, -0.1) is 0 Å². The van der Waals surface area contributed by atoms with Crippen molar-refractivity contribution in [1.82, 2.24) is 15.6 Å². The summed E-state index contributed by atoms with van der Waals surface area (Å²) in [5, 5.41) is 7.37. The van der Waals surface area contributed by atoms with Gasteiger partial charge in [-0.2, -0.15) is 0 Å². The summed E-state index contributed by atoms with van der Waals surface area (Å²) in [5.74, 6) is -1.60. The van der Waals surface area contributed by atoms with Crippen LogP contribution in [0.25, 0.3) is 0 Å². The number of carbonyl (C=O) groups is 4. The van der Waals surface area contributed by atoms with E-state index in [1.165, 1.54) is 7.11 Å². The summed E-state index contributed by atoms with van der Waals surface area (Å²) in [6.07, 6.45) is -0.381. The molecule has 1 aromatic rings. The normalized spacial score (nSPS) is 17.3. The molecule has 0 spiro atoms. The first-order valence-electron chi connectivity index (χ1n) is 7.78. The summed E-state index contributed by atoms with van der Waals surface area (Å²) in [5.41, 5.74) is -0.759. The van der Waals surface area contributed by atoms with E-state index in [-0.39, 0.29) is 34.6 Å². The quantitative estimate of drug-likeness (QED) is 0.660. The van der Waals surface area contributed by atoms with Gasteiger partial charge >= 0.3 is 6.09 Å². The van der Waals surface area contributed by atoms with Crippen LogP contribution in [0.5, 0.6) is 5.06 Å². The molecule has 10 nitrogen and oxygen atoms in total. The number of anilines is 1. The number of hydrogen-bond donors (Lipinski definition) is 3. The largest absolute Gasteiger partial charge is 0.485 e. The minimum Gasteiger partial charge on any atom is -0.485 e. The van der Waals surface area contributed by atoms with Gasteiger partial charge in [0, 0.05) is 6.42 Å². The van der Waals surface area contributed by atoms with Crippen LogP contribution in [0.1, 0.15) is 44.1 Å². The molecule has 0 saturated carbocycles. The van der Waals surface area contributed by atoms with Crippen molar-refractivity contribution < 1.29 is 28.7 Å². The number of imide groups is 1. The highest BCUT2D eigenvalue weighted by Crippen LogP contribution is 2.31. The lowest BCUT2D eigenvalue weighted by Crippen LogP contribution is -2.52. The maximum Gasteiger partial charge on any atom is 0.413 e. The number of ether oxygens (including phenoxy) is 2. The molecular weight excluding hydrogens is 364 g/mol. The molecule has 1 atom stereocenters. The topological polar surface area (TPSA) is 136 Å². The molecule has 1 aliphatic rings. The summed E-state index contributed by atoms with van der Waals surface area (Å²) >= 11 is 0.945. The molecule has 11 heteroatoms. The van der Waals surface area contributed by atoms with E-state index in [9.17, 15) is 19.2 Å². The molecule has 4 amide bonds. The van der Waals surface area contributed by atoms with Gasteiger partial charge in [-0.25, -0.2) is 9.78 Å². The van der Waals surface area contributed by atoms with Crippen molar-refractivity contribution in [3.05, 3.63) is 5.69 Å². The molecular formula is C15H20N4O6S. The second kappa shape index (κ2) is 7.68. The van der Waals surface area contributed by atoms with E-state index < -0.39 is 29.6 Å². The number of rotatable bonds is 4. The number of hydrogen-bond acceptors (Lipinski definition) is 8. The van der Waals surface area contributed by atoms with Crippen LogP contribution < -0.4 is 20.7 Å². The molecule has 2 rings (SSSR count). The molecule has 1 saturated heterocycles. The van der Waals surface area contributed by atoms with E-state index in [0.717, 1.165) is 11.3 Å². The van der Waals surface area contributed by atoms with Crippen molar-refractivity contribution in [2.45, 2.75) is 45.3 Å². The fourth-order valence-corrected chi connectivity index (χ4v) is 2.86. The van der Waals surface area contributed by atoms with Crippen molar-refractivity contribution in [1.29, 1.82) is 0 Å². The molecule has 0 bridgehead atoms. The number of methoxy groups -OCH3 is 1. The van der Waals surface area contributed by atoms with E-state index in [0.29, 0.717) is 0 Å². The van der Waals surface area contributed by atoms with Crippen LogP contribution in [0.3, 0.4) is 0 Å². The summed E-state index contributed by atoms with van der Waals surface area (Å²) in [6, 6.07) is -0.839. The predicted molar refractivity (Wildman–Crippen MR) is 92.2 cm³/mol. The summed E-state index contributed by atoms with van der Waals surface area (Å²) < 4.78 is 10.2. The van der Waals surface area contributed by atoms with Crippen LogP contribution in [-0.2, 0) is 14.3 Å². The Hall–Kier alpha value is -2.69. The molecule has 1 unspecified atom stereocenters. The minimum atomic E-state index is -0.839. The Morgan fingerprint density at radius 1 is 1.31 bits per heavy atom. The van der Waals surface area contributed by atoms with Crippen LogP contribution >= 0.6 is 11.3 Å². The Balaban J connectivity index is 2.07. The third-order valence-corrected chi connectivity index (χ3v) is 4.08. The lowest BCUT2D eigenvalue weighted by atomic mass is 10.1. The number of piperidine rings is 1. The summed E-state index contributed by atoms with van der Waals surface area (Å²) in [6.45, 7) is 5.15. The lowest BCUT2D eigenvalue weighted by molar-refractivity contribution is -0.134. The van der Waals surface area contributed by atoms with Crippen LogP contribution in [0.2, 0.25) is 0 Å². The summed E-state index contributed by atoms with van der Waals surface area (Å²) in [7, 11) is 1.35. The van der Waals surface area contributed by atoms with Crippen LogP contribution in [-0.4, -0.2) is 47.6 Å². The number of thiazole rings is 1. The second-order valence-electron chi connectivity index (χ2n) is 6.46. The fourth-order valence-electron chi connectivity index (χ4n) is 2.09. The van der Waals surface area contributed by atoms with Gasteiger partial charge in [0.05, 0.1) is 7.11 Å². The molecule has 1 fully saturated rings. The van der Waals surface area contributed by atoms with Gasteiger partial charge in [-0.05, 0) is 27.2 Å². The van der Waals surface area contributed by atoms with E-state index in [1.807, 2.05) is 0 Å². The summed E-state index contributed by atoms with van der Waals surface area (Å²) in [4.78, 5) is 51.1. The van der Waals surface area contributed by atoms with Crippen molar-refractivity contribution in [3.63, 3.8) is 0 Å². The Bertz CT molecular complexity index is 739. The highest BCUT2D eigenvalue weighted by Gasteiger charge is 2.30. The van der Waals surface area contributed by atoms with Crippen molar-refractivity contribution in [2.24, 2.45) is 0 Å². The first kappa shape index (κ1) is 19.6. The van der Waals surface area contributed by atoms with E-state index in [1.54, 1.807) is 20.8 Å². The van der Waals surface area contributed by atoms with Gasteiger partial charge in [0.1, 0.15) is 11.6 Å². The number of aromatic nitrogens is 1. The average Bonchev–Trinajstić information content (AvgIpc) is 2.91. The average molecular weight is 384 g/mol. The number of nitrogens with one attached hydrogen (secondary N) is 3. The molecule has 0 radical (unpaired) electrons. The van der Waals surface area contributed by atoms with Crippen LogP contribution in [0, 0.1) is 0 Å². The van der Waals surface area contributed by atoms with Gasteiger partial charge in [-0.1, -0.05) is 11.3 Å². The molecule has 0 aliphatic carbocycles. The van der Waals surface area contributed by atoms with Crippen molar-refractivity contribution in [2.75, 3.05) is 12.4 Å². The highest BCUT2D eigenvalue weighted by molar-refractivity contribution is 7.17. The fraction of sp³-hybridized carbons (Fsp3) is 0.533. The van der Waals surface area contributed by atoms with Crippen LogP contribution in [0.4, 0.5) is 9.93 Å². The zero-order chi connectivity index (χ0) is 19.5.